The second-order valence-corrected chi connectivity index (χ2v) is 3.87. The lowest BCUT2D eigenvalue weighted by atomic mass is 10.3. The van der Waals surface area contributed by atoms with Crippen LogP contribution in [0.4, 0.5) is 4.79 Å². The number of carbonyl (C=O) groups is 1. The zero-order valence-corrected chi connectivity index (χ0v) is 7.69. The summed E-state index contributed by atoms with van der Waals surface area (Å²) in [5.41, 5.74) is 0. The summed E-state index contributed by atoms with van der Waals surface area (Å²) in [5.74, 6) is -0.558. The molecule has 13 heavy (non-hydrogen) atoms. The Morgan fingerprint density at radius 1 is 1.62 bits per heavy atom. The second kappa shape index (κ2) is 2.59. The van der Waals surface area contributed by atoms with Crippen LogP contribution in [0.2, 0.25) is 0 Å². The van der Waals surface area contributed by atoms with Crippen molar-refractivity contribution >= 4 is 6.09 Å². The van der Waals surface area contributed by atoms with Crippen molar-refractivity contribution in [3.63, 3.8) is 0 Å². The Hall–Kier alpha value is -0.810. The van der Waals surface area contributed by atoms with Crippen molar-refractivity contribution < 1.29 is 19.4 Å². The Labute approximate surface area is 76.2 Å². The minimum atomic E-state index is -0.877. The van der Waals surface area contributed by atoms with Crippen LogP contribution in [0, 0.1) is 0 Å². The second-order valence-electron chi connectivity index (χ2n) is 3.87. The zero-order valence-electron chi connectivity index (χ0n) is 7.69. The molecule has 5 nitrogen and oxygen atoms in total. The topological polar surface area (TPSA) is 58.8 Å². The summed E-state index contributed by atoms with van der Waals surface area (Å²) in [6.07, 6.45) is -0.968. The standard InChI is InChI=1S/C8H13NO4/c1-8(2)12-4-6(13-8)5-3-9(5)7(10)11/h5-6H,3-4H2,1-2H3,(H,10,11)/t5-,6-,9?/m1/s1. The third kappa shape index (κ3) is 1.62. The van der Waals surface area contributed by atoms with Crippen LogP contribution in [0.3, 0.4) is 0 Å². The van der Waals surface area contributed by atoms with E-state index in [2.05, 4.69) is 0 Å². The fourth-order valence-corrected chi connectivity index (χ4v) is 1.60. The summed E-state index contributed by atoms with van der Waals surface area (Å²) in [5, 5.41) is 8.64. The lowest BCUT2D eigenvalue weighted by Gasteiger charge is -2.16. The first-order chi connectivity index (χ1) is 5.99. The van der Waals surface area contributed by atoms with E-state index < -0.39 is 11.9 Å². The smallest absolute Gasteiger partial charge is 0.407 e. The summed E-state index contributed by atoms with van der Waals surface area (Å²) in [6.45, 7) is 4.72. The van der Waals surface area contributed by atoms with Gasteiger partial charge in [-0.05, 0) is 13.8 Å². The van der Waals surface area contributed by atoms with Crippen molar-refractivity contribution in [3.8, 4) is 0 Å². The monoisotopic (exact) mass is 187 g/mol. The Balaban J connectivity index is 1.89. The van der Waals surface area contributed by atoms with Crippen LogP contribution in [0.1, 0.15) is 13.8 Å². The number of hydrogen-bond donors (Lipinski definition) is 1. The van der Waals surface area contributed by atoms with E-state index >= 15 is 0 Å². The molecule has 0 aromatic carbocycles. The third-order valence-corrected chi connectivity index (χ3v) is 2.36. The highest BCUT2D eigenvalue weighted by molar-refractivity contribution is 5.68. The molecule has 0 saturated carbocycles. The molecule has 0 aromatic heterocycles. The van der Waals surface area contributed by atoms with Crippen LogP contribution < -0.4 is 0 Å². The Kier molecular flexibility index (Phi) is 1.75. The molecule has 2 rings (SSSR count). The lowest BCUT2D eigenvalue weighted by Crippen LogP contribution is -2.27. The molecular formula is C8H13NO4. The first-order valence-electron chi connectivity index (χ1n) is 4.31. The van der Waals surface area contributed by atoms with E-state index in [0.717, 1.165) is 0 Å². The Morgan fingerprint density at radius 2 is 2.31 bits per heavy atom. The van der Waals surface area contributed by atoms with Crippen LogP contribution in [-0.4, -0.2) is 47.2 Å². The maximum absolute atomic E-state index is 10.5. The van der Waals surface area contributed by atoms with Crippen molar-refractivity contribution in [3.05, 3.63) is 0 Å². The molecule has 0 aromatic rings. The highest BCUT2D eigenvalue weighted by atomic mass is 16.7. The molecule has 2 aliphatic heterocycles. The summed E-state index contributed by atoms with van der Waals surface area (Å²) in [4.78, 5) is 11.9. The lowest BCUT2D eigenvalue weighted by molar-refractivity contribution is -0.139. The first-order valence-corrected chi connectivity index (χ1v) is 4.31. The van der Waals surface area contributed by atoms with Gasteiger partial charge in [0.1, 0.15) is 6.10 Å². The highest BCUT2D eigenvalue weighted by Crippen LogP contribution is 2.32. The molecule has 2 heterocycles. The Morgan fingerprint density at radius 3 is 2.69 bits per heavy atom. The predicted octanol–water partition coefficient (Wildman–Crippen LogP) is 0.500. The van der Waals surface area contributed by atoms with Crippen LogP contribution in [-0.2, 0) is 9.47 Å². The van der Waals surface area contributed by atoms with Gasteiger partial charge in [0.05, 0.1) is 12.6 Å². The van der Waals surface area contributed by atoms with Gasteiger partial charge >= 0.3 is 6.09 Å². The van der Waals surface area contributed by atoms with Crippen molar-refractivity contribution in [2.75, 3.05) is 13.2 Å². The predicted molar refractivity (Wildman–Crippen MR) is 43.4 cm³/mol. The molecule has 74 valence electrons. The molecule has 2 fully saturated rings. The molecule has 2 aliphatic rings. The average molecular weight is 187 g/mol. The molecule has 1 amide bonds. The molecule has 0 spiro atoms. The van der Waals surface area contributed by atoms with Crippen molar-refractivity contribution in [2.24, 2.45) is 0 Å². The van der Waals surface area contributed by atoms with Gasteiger partial charge in [-0.3, -0.25) is 4.90 Å². The Bertz CT molecular complexity index is 240. The molecule has 0 bridgehead atoms. The molecular weight excluding hydrogens is 174 g/mol. The molecule has 1 N–H and O–H groups in total. The third-order valence-electron chi connectivity index (χ3n) is 2.36. The number of nitrogens with zero attached hydrogens (tertiary/aromatic N) is 1. The van der Waals surface area contributed by atoms with E-state index in [4.69, 9.17) is 14.6 Å². The molecule has 2 saturated heterocycles. The number of rotatable bonds is 1. The van der Waals surface area contributed by atoms with Gasteiger partial charge in [0.25, 0.3) is 0 Å². The van der Waals surface area contributed by atoms with E-state index in [1.165, 1.54) is 4.90 Å². The van der Waals surface area contributed by atoms with E-state index in [9.17, 15) is 4.79 Å². The summed E-state index contributed by atoms with van der Waals surface area (Å²) >= 11 is 0. The summed E-state index contributed by atoms with van der Waals surface area (Å²) in [6, 6.07) is -0.000671. The number of amides is 1. The zero-order chi connectivity index (χ0) is 9.64. The maximum Gasteiger partial charge on any atom is 0.407 e. The van der Waals surface area contributed by atoms with Gasteiger partial charge in [0.15, 0.2) is 5.79 Å². The van der Waals surface area contributed by atoms with Crippen LogP contribution in [0.15, 0.2) is 0 Å². The van der Waals surface area contributed by atoms with Gasteiger partial charge in [-0.2, -0.15) is 0 Å². The molecule has 2 atom stereocenters. The van der Waals surface area contributed by atoms with Crippen LogP contribution >= 0.6 is 0 Å². The van der Waals surface area contributed by atoms with Gasteiger partial charge < -0.3 is 14.6 Å². The molecule has 0 unspecified atom stereocenters. The number of ether oxygens (including phenoxy) is 2. The maximum atomic E-state index is 10.5. The number of hydrogen-bond acceptors (Lipinski definition) is 3. The van der Waals surface area contributed by atoms with Gasteiger partial charge in [0, 0.05) is 6.54 Å². The quantitative estimate of drug-likeness (QED) is 0.607. The SMILES string of the molecule is CC1(C)OC[C@H]([C@H]2CN2C(=O)O)O1. The van der Waals surface area contributed by atoms with Crippen molar-refractivity contribution in [1.82, 2.24) is 4.90 Å². The van der Waals surface area contributed by atoms with Gasteiger partial charge in [0.2, 0.25) is 0 Å². The number of carboxylic acid groups (broad SMARTS) is 1. The molecule has 0 aliphatic carbocycles. The summed E-state index contributed by atoms with van der Waals surface area (Å²) in [7, 11) is 0. The van der Waals surface area contributed by atoms with Crippen LogP contribution in [0.25, 0.3) is 0 Å². The van der Waals surface area contributed by atoms with E-state index in [0.29, 0.717) is 13.2 Å². The molecule has 5 heteroatoms. The minimum Gasteiger partial charge on any atom is -0.465 e. The van der Waals surface area contributed by atoms with Gasteiger partial charge in [-0.25, -0.2) is 4.79 Å². The highest BCUT2D eigenvalue weighted by Gasteiger charge is 2.49. The van der Waals surface area contributed by atoms with Crippen molar-refractivity contribution in [1.29, 1.82) is 0 Å². The fourth-order valence-electron chi connectivity index (χ4n) is 1.60. The van der Waals surface area contributed by atoms with Crippen LogP contribution in [0.5, 0.6) is 0 Å². The van der Waals surface area contributed by atoms with E-state index in [-0.39, 0.29) is 12.1 Å². The van der Waals surface area contributed by atoms with E-state index in [1.807, 2.05) is 13.8 Å². The average Bonchev–Trinajstić information content (AvgIpc) is 2.71. The van der Waals surface area contributed by atoms with Gasteiger partial charge in [-0.1, -0.05) is 0 Å². The fraction of sp³-hybridized carbons (Fsp3) is 0.875. The molecule has 0 radical (unpaired) electrons. The van der Waals surface area contributed by atoms with Crippen molar-refractivity contribution in [2.45, 2.75) is 31.8 Å². The summed E-state index contributed by atoms with van der Waals surface area (Å²) < 4.78 is 10.9. The van der Waals surface area contributed by atoms with E-state index in [1.54, 1.807) is 0 Å². The largest absolute Gasteiger partial charge is 0.465 e. The minimum absolute atomic E-state index is 0.000671. The van der Waals surface area contributed by atoms with Gasteiger partial charge in [-0.15, -0.1) is 0 Å². The first kappa shape index (κ1) is 8.77. The normalized spacial score (nSPS) is 36.3.